The van der Waals surface area contributed by atoms with Crippen molar-refractivity contribution in [1.82, 2.24) is 4.90 Å². The summed E-state index contributed by atoms with van der Waals surface area (Å²) < 4.78 is 4.87. The Morgan fingerprint density at radius 3 is 2.80 bits per heavy atom. The molecule has 3 atom stereocenters. The van der Waals surface area contributed by atoms with Crippen LogP contribution in [0.2, 0.25) is 0 Å². The molecule has 4 nitrogen and oxygen atoms in total. The Hall–Kier alpha value is -1.94. The Kier molecular flexibility index (Phi) is 3.40. The summed E-state index contributed by atoms with van der Waals surface area (Å²) in [6.45, 7) is 0.680. The number of carbonyl (C=O) groups is 2. The largest absolute Gasteiger partial charge is 0.469 e. The number of ether oxygens (including phenoxy) is 1. The highest BCUT2D eigenvalue weighted by molar-refractivity contribution is 5.97. The van der Waals surface area contributed by atoms with Crippen LogP contribution in [0.15, 0.2) is 42.5 Å². The molecule has 0 aromatic heterocycles. The van der Waals surface area contributed by atoms with E-state index >= 15 is 0 Å². The molecule has 1 aromatic carbocycles. The molecule has 0 saturated carbocycles. The van der Waals surface area contributed by atoms with Crippen LogP contribution in [-0.2, 0) is 20.9 Å². The Morgan fingerprint density at radius 2 is 2.10 bits per heavy atom. The first kappa shape index (κ1) is 13.1. The highest BCUT2D eigenvalue weighted by Crippen LogP contribution is 2.36. The minimum Gasteiger partial charge on any atom is -0.469 e. The van der Waals surface area contributed by atoms with Crippen molar-refractivity contribution < 1.29 is 14.3 Å². The van der Waals surface area contributed by atoms with Crippen molar-refractivity contribution in [2.75, 3.05) is 7.11 Å². The van der Waals surface area contributed by atoms with Crippen LogP contribution in [0.4, 0.5) is 0 Å². The van der Waals surface area contributed by atoms with Gasteiger partial charge in [-0.25, -0.2) is 0 Å². The van der Waals surface area contributed by atoms with Gasteiger partial charge in [0.25, 0.3) is 0 Å². The van der Waals surface area contributed by atoms with Crippen molar-refractivity contribution in [3.63, 3.8) is 0 Å². The fourth-order valence-corrected chi connectivity index (χ4v) is 3.18. The van der Waals surface area contributed by atoms with E-state index in [1.54, 1.807) is 6.08 Å². The van der Waals surface area contributed by atoms with Gasteiger partial charge in [0.1, 0.15) is 0 Å². The SMILES string of the molecule is COC(=O)[C@@H]1C[C@@H]2C(=O)C=C[C@H]1N2Cc1ccccc1. The molecule has 0 unspecified atom stereocenters. The number of hydrogen-bond donors (Lipinski definition) is 0. The van der Waals surface area contributed by atoms with Crippen LogP contribution in [0.3, 0.4) is 0 Å². The molecule has 1 saturated heterocycles. The Labute approximate surface area is 118 Å². The first-order valence-electron chi connectivity index (χ1n) is 6.80. The maximum atomic E-state index is 12.0. The zero-order valence-corrected chi connectivity index (χ0v) is 11.4. The number of fused-ring (bicyclic) bond motifs is 2. The van der Waals surface area contributed by atoms with Gasteiger partial charge in [0.15, 0.2) is 5.78 Å². The van der Waals surface area contributed by atoms with Crippen molar-refractivity contribution in [2.45, 2.75) is 25.0 Å². The lowest BCUT2D eigenvalue weighted by molar-refractivity contribution is -0.145. The predicted octanol–water partition coefficient (Wildman–Crippen LogP) is 1.56. The van der Waals surface area contributed by atoms with Gasteiger partial charge in [0, 0.05) is 12.6 Å². The van der Waals surface area contributed by atoms with Gasteiger partial charge in [0.05, 0.1) is 19.1 Å². The molecule has 0 spiro atoms. The summed E-state index contributed by atoms with van der Waals surface area (Å²) in [4.78, 5) is 26.0. The predicted molar refractivity (Wildman–Crippen MR) is 73.8 cm³/mol. The molecule has 2 heterocycles. The van der Waals surface area contributed by atoms with Gasteiger partial charge < -0.3 is 4.74 Å². The third kappa shape index (κ3) is 2.16. The topological polar surface area (TPSA) is 46.6 Å². The number of nitrogens with zero attached hydrogens (tertiary/aromatic N) is 1. The van der Waals surface area contributed by atoms with Gasteiger partial charge in [-0.1, -0.05) is 36.4 Å². The van der Waals surface area contributed by atoms with E-state index in [9.17, 15) is 9.59 Å². The van der Waals surface area contributed by atoms with Gasteiger partial charge in [-0.2, -0.15) is 0 Å². The summed E-state index contributed by atoms with van der Waals surface area (Å²) in [6, 6.07) is 9.77. The van der Waals surface area contributed by atoms with Gasteiger partial charge in [-0.3, -0.25) is 14.5 Å². The van der Waals surface area contributed by atoms with Crippen LogP contribution in [0.5, 0.6) is 0 Å². The maximum absolute atomic E-state index is 12.0. The fourth-order valence-electron chi connectivity index (χ4n) is 3.18. The molecule has 0 aliphatic carbocycles. The Morgan fingerprint density at radius 1 is 1.35 bits per heavy atom. The number of methoxy groups -OCH3 is 1. The second-order valence-corrected chi connectivity index (χ2v) is 5.29. The van der Waals surface area contributed by atoms with E-state index in [-0.39, 0.29) is 29.8 Å². The van der Waals surface area contributed by atoms with Crippen molar-refractivity contribution in [3.05, 3.63) is 48.0 Å². The first-order chi connectivity index (χ1) is 9.70. The summed E-state index contributed by atoms with van der Waals surface area (Å²) in [7, 11) is 1.40. The first-order valence-corrected chi connectivity index (χ1v) is 6.80. The smallest absolute Gasteiger partial charge is 0.310 e. The van der Waals surface area contributed by atoms with Crippen LogP contribution in [-0.4, -0.2) is 35.8 Å². The normalized spacial score (nSPS) is 28.6. The lowest BCUT2D eigenvalue weighted by Gasteiger charge is -2.31. The fraction of sp³-hybridized carbons (Fsp3) is 0.375. The quantitative estimate of drug-likeness (QED) is 0.783. The van der Waals surface area contributed by atoms with E-state index in [4.69, 9.17) is 4.74 Å². The van der Waals surface area contributed by atoms with Gasteiger partial charge >= 0.3 is 5.97 Å². The van der Waals surface area contributed by atoms with Crippen LogP contribution in [0.1, 0.15) is 12.0 Å². The van der Waals surface area contributed by atoms with E-state index in [2.05, 4.69) is 4.90 Å². The standard InChI is InChI=1S/C16H17NO3/c1-20-16(19)12-9-14-15(18)8-7-13(12)17(14)10-11-5-3-2-4-6-11/h2-8,12-14H,9-10H2,1H3/t12-,13-,14-/m1/s1. The van der Waals surface area contributed by atoms with E-state index in [0.29, 0.717) is 13.0 Å². The van der Waals surface area contributed by atoms with Crippen molar-refractivity contribution >= 4 is 11.8 Å². The minimum absolute atomic E-state index is 0.0367. The zero-order chi connectivity index (χ0) is 14.1. The summed E-state index contributed by atoms with van der Waals surface area (Å²) >= 11 is 0. The molecule has 2 aliphatic heterocycles. The third-order valence-corrected chi connectivity index (χ3v) is 4.17. The average molecular weight is 271 g/mol. The minimum atomic E-state index is -0.239. The summed E-state index contributed by atoms with van der Waals surface area (Å²) in [6.07, 6.45) is 4.01. The zero-order valence-electron chi connectivity index (χ0n) is 11.4. The Bertz CT molecular complexity index is 552. The number of rotatable bonds is 3. The van der Waals surface area contributed by atoms with Crippen LogP contribution in [0.25, 0.3) is 0 Å². The molecular formula is C16H17NO3. The number of hydrogen-bond acceptors (Lipinski definition) is 4. The molecule has 0 N–H and O–H groups in total. The second-order valence-electron chi connectivity index (χ2n) is 5.29. The highest BCUT2D eigenvalue weighted by atomic mass is 16.5. The lowest BCUT2D eigenvalue weighted by Crippen LogP contribution is -2.43. The molecule has 20 heavy (non-hydrogen) atoms. The van der Waals surface area contributed by atoms with E-state index in [1.165, 1.54) is 7.11 Å². The third-order valence-electron chi connectivity index (χ3n) is 4.17. The summed E-state index contributed by atoms with van der Waals surface area (Å²) in [5, 5.41) is 0. The molecule has 0 amide bonds. The van der Waals surface area contributed by atoms with E-state index in [0.717, 1.165) is 5.56 Å². The van der Waals surface area contributed by atoms with E-state index in [1.807, 2.05) is 36.4 Å². The summed E-state index contributed by atoms with van der Waals surface area (Å²) in [5.74, 6) is -0.380. The van der Waals surface area contributed by atoms with Crippen LogP contribution in [0, 0.1) is 5.92 Å². The highest BCUT2D eigenvalue weighted by Gasteiger charge is 2.48. The molecule has 2 aliphatic rings. The maximum Gasteiger partial charge on any atom is 0.310 e. The molecule has 1 aromatic rings. The van der Waals surface area contributed by atoms with Gasteiger partial charge in [0.2, 0.25) is 0 Å². The number of ketones is 1. The summed E-state index contributed by atoms with van der Waals surface area (Å²) in [5.41, 5.74) is 1.15. The molecule has 104 valence electrons. The van der Waals surface area contributed by atoms with Crippen LogP contribution < -0.4 is 0 Å². The number of carbonyl (C=O) groups excluding carboxylic acids is 2. The van der Waals surface area contributed by atoms with Crippen LogP contribution >= 0.6 is 0 Å². The van der Waals surface area contributed by atoms with Crippen molar-refractivity contribution in [2.24, 2.45) is 5.92 Å². The lowest BCUT2D eigenvalue weighted by atomic mass is 10.0. The number of esters is 1. The molecule has 4 heteroatoms. The molecule has 2 bridgehead atoms. The van der Waals surface area contributed by atoms with E-state index < -0.39 is 0 Å². The monoisotopic (exact) mass is 271 g/mol. The molecular weight excluding hydrogens is 254 g/mol. The Balaban J connectivity index is 1.86. The van der Waals surface area contributed by atoms with Crippen molar-refractivity contribution in [3.8, 4) is 0 Å². The molecule has 1 fully saturated rings. The van der Waals surface area contributed by atoms with Gasteiger partial charge in [-0.15, -0.1) is 0 Å². The van der Waals surface area contributed by atoms with Crippen molar-refractivity contribution in [1.29, 1.82) is 0 Å². The second kappa shape index (κ2) is 5.21. The van der Waals surface area contributed by atoms with Gasteiger partial charge in [-0.05, 0) is 18.1 Å². The molecule has 0 radical (unpaired) electrons. The molecule has 3 rings (SSSR count). The average Bonchev–Trinajstić information content (AvgIpc) is 2.73. The number of benzene rings is 1.